The zero-order valence-corrected chi connectivity index (χ0v) is 18.7. The predicted molar refractivity (Wildman–Crippen MR) is 126 cm³/mol. The van der Waals surface area contributed by atoms with Crippen LogP contribution in [-0.4, -0.2) is 42.3 Å². The van der Waals surface area contributed by atoms with E-state index in [1.165, 1.54) is 13.2 Å². The molecular formula is C25H21ClF2N4O. The summed E-state index contributed by atoms with van der Waals surface area (Å²) in [7, 11) is 1.47. The zero-order chi connectivity index (χ0) is 22.7. The van der Waals surface area contributed by atoms with Crippen molar-refractivity contribution in [3.05, 3.63) is 59.1 Å². The Bertz CT molecular complexity index is 1400. The maximum absolute atomic E-state index is 16.1. The van der Waals surface area contributed by atoms with Crippen molar-refractivity contribution < 1.29 is 13.5 Å². The molecule has 0 aliphatic carbocycles. The lowest BCUT2D eigenvalue weighted by molar-refractivity contribution is 0.380. The van der Waals surface area contributed by atoms with E-state index in [1.54, 1.807) is 36.4 Å². The molecule has 2 aliphatic rings. The summed E-state index contributed by atoms with van der Waals surface area (Å²) in [5.74, 6) is -0.327. The summed E-state index contributed by atoms with van der Waals surface area (Å²) in [4.78, 5) is 11.1. The van der Waals surface area contributed by atoms with Crippen molar-refractivity contribution in [2.24, 2.45) is 0 Å². The Morgan fingerprint density at radius 3 is 2.45 bits per heavy atom. The molecule has 8 heteroatoms. The summed E-state index contributed by atoms with van der Waals surface area (Å²) >= 11 is 6.69. The van der Waals surface area contributed by atoms with Crippen molar-refractivity contribution in [3.8, 4) is 17.1 Å². The van der Waals surface area contributed by atoms with Crippen LogP contribution in [0.2, 0.25) is 5.02 Å². The number of methoxy groups -OCH3 is 1. The van der Waals surface area contributed by atoms with Crippen LogP contribution >= 0.6 is 11.6 Å². The highest BCUT2D eigenvalue weighted by atomic mass is 35.5. The first-order valence-corrected chi connectivity index (χ1v) is 11.3. The lowest BCUT2D eigenvalue weighted by Crippen LogP contribution is -2.51. The van der Waals surface area contributed by atoms with Gasteiger partial charge in [0, 0.05) is 41.5 Å². The van der Waals surface area contributed by atoms with Gasteiger partial charge < -0.3 is 15.0 Å². The number of hydrogen-bond acceptors (Lipinski definition) is 5. The van der Waals surface area contributed by atoms with Gasteiger partial charge in [-0.25, -0.2) is 8.78 Å². The van der Waals surface area contributed by atoms with E-state index < -0.39 is 5.82 Å². The zero-order valence-electron chi connectivity index (χ0n) is 17.9. The smallest absolute Gasteiger partial charge is 0.318 e. The second-order valence-electron chi connectivity index (χ2n) is 8.66. The summed E-state index contributed by atoms with van der Waals surface area (Å²) in [5, 5.41) is 5.34. The fraction of sp³-hybridized carbons (Fsp3) is 0.280. The number of nitrogens with one attached hydrogen (secondary N) is 1. The van der Waals surface area contributed by atoms with E-state index in [0.717, 1.165) is 25.9 Å². The van der Waals surface area contributed by atoms with E-state index in [4.69, 9.17) is 16.3 Å². The molecule has 3 aromatic carbocycles. The summed E-state index contributed by atoms with van der Waals surface area (Å²) < 4.78 is 35.8. The fourth-order valence-electron chi connectivity index (χ4n) is 5.19. The van der Waals surface area contributed by atoms with Gasteiger partial charge >= 0.3 is 6.01 Å². The number of nitrogens with zero attached hydrogens (tertiary/aromatic N) is 3. The van der Waals surface area contributed by atoms with E-state index in [2.05, 4.69) is 20.2 Å². The van der Waals surface area contributed by atoms with Crippen LogP contribution in [0.5, 0.6) is 6.01 Å². The number of anilines is 1. The van der Waals surface area contributed by atoms with Crippen LogP contribution in [0.15, 0.2) is 42.5 Å². The molecule has 2 bridgehead atoms. The van der Waals surface area contributed by atoms with E-state index in [9.17, 15) is 4.39 Å². The van der Waals surface area contributed by atoms with Crippen molar-refractivity contribution in [2.45, 2.75) is 24.9 Å². The highest BCUT2D eigenvalue weighted by Gasteiger charge is 2.34. The van der Waals surface area contributed by atoms with Gasteiger partial charge in [0.2, 0.25) is 0 Å². The number of benzene rings is 3. The van der Waals surface area contributed by atoms with Crippen LogP contribution in [0.4, 0.5) is 14.6 Å². The quantitative estimate of drug-likeness (QED) is 0.442. The Kier molecular flexibility index (Phi) is 4.85. The molecule has 0 radical (unpaired) electrons. The highest BCUT2D eigenvalue weighted by Crippen LogP contribution is 2.42. The molecule has 0 saturated carbocycles. The number of ether oxygens (including phenoxy) is 1. The minimum Gasteiger partial charge on any atom is -0.467 e. The lowest BCUT2D eigenvalue weighted by Gasteiger charge is -2.34. The molecule has 2 atom stereocenters. The second kappa shape index (κ2) is 7.78. The molecule has 1 aromatic heterocycles. The van der Waals surface area contributed by atoms with Crippen molar-refractivity contribution >= 4 is 39.1 Å². The summed E-state index contributed by atoms with van der Waals surface area (Å²) in [6, 6.07) is 12.4. The topological polar surface area (TPSA) is 50.3 Å². The molecule has 1 N–H and O–H groups in total. The van der Waals surface area contributed by atoms with Crippen molar-refractivity contribution in [3.63, 3.8) is 0 Å². The van der Waals surface area contributed by atoms with Gasteiger partial charge in [0.15, 0.2) is 5.82 Å². The first-order valence-electron chi connectivity index (χ1n) is 11.0. The molecule has 2 saturated heterocycles. The number of fused-ring (bicyclic) bond motifs is 4. The SMILES string of the molecule is COc1nc(N2CC3CCC(C2)N3)c2cc(Cl)c(-c3ccc(F)c4ccccc34)c(F)c2n1. The van der Waals surface area contributed by atoms with Gasteiger partial charge in [-0.2, -0.15) is 9.97 Å². The van der Waals surface area contributed by atoms with Gasteiger partial charge in [0.25, 0.3) is 0 Å². The van der Waals surface area contributed by atoms with Crippen LogP contribution in [0, 0.1) is 11.6 Å². The van der Waals surface area contributed by atoms with Crippen LogP contribution < -0.4 is 15.0 Å². The third-order valence-corrected chi connectivity index (χ3v) is 6.98. The molecule has 3 heterocycles. The fourth-order valence-corrected chi connectivity index (χ4v) is 5.48. The van der Waals surface area contributed by atoms with Gasteiger partial charge in [-0.3, -0.25) is 0 Å². The minimum absolute atomic E-state index is 0.0968. The molecule has 6 rings (SSSR count). The first kappa shape index (κ1) is 20.6. The molecular weight excluding hydrogens is 446 g/mol. The van der Waals surface area contributed by atoms with Gasteiger partial charge in [0.1, 0.15) is 17.2 Å². The Hall–Kier alpha value is -3.03. The number of aromatic nitrogens is 2. The maximum Gasteiger partial charge on any atom is 0.318 e. The van der Waals surface area contributed by atoms with Gasteiger partial charge in [-0.15, -0.1) is 0 Å². The van der Waals surface area contributed by atoms with E-state index in [0.29, 0.717) is 39.6 Å². The van der Waals surface area contributed by atoms with Crippen LogP contribution in [-0.2, 0) is 0 Å². The van der Waals surface area contributed by atoms with E-state index >= 15 is 4.39 Å². The number of hydrogen-bond donors (Lipinski definition) is 1. The summed E-state index contributed by atoms with van der Waals surface area (Å²) in [5.41, 5.74) is 0.832. The average molecular weight is 467 g/mol. The van der Waals surface area contributed by atoms with Crippen LogP contribution in [0.25, 0.3) is 32.8 Å². The molecule has 2 unspecified atom stereocenters. The van der Waals surface area contributed by atoms with Crippen molar-refractivity contribution in [1.29, 1.82) is 0 Å². The predicted octanol–water partition coefficient (Wildman–Crippen LogP) is 5.33. The van der Waals surface area contributed by atoms with Gasteiger partial charge in [-0.1, -0.05) is 41.9 Å². The second-order valence-corrected chi connectivity index (χ2v) is 9.07. The lowest BCUT2D eigenvalue weighted by atomic mass is 9.96. The Morgan fingerprint density at radius 2 is 1.73 bits per heavy atom. The van der Waals surface area contributed by atoms with Crippen molar-refractivity contribution in [2.75, 3.05) is 25.1 Å². The van der Waals surface area contributed by atoms with E-state index in [-0.39, 0.29) is 27.9 Å². The molecule has 33 heavy (non-hydrogen) atoms. The number of halogens is 3. The first-order chi connectivity index (χ1) is 16.0. The van der Waals surface area contributed by atoms with Crippen molar-refractivity contribution in [1.82, 2.24) is 15.3 Å². The molecule has 2 aliphatic heterocycles. The highest BCUT2D eigenvalue weighted by molar-refractivity contribution is 6.35. The summed E-state index contributed by atoms with van der Waals surface area (Å²) in [6.07, 6.45) is 2.22. The van der Waals surface area contributed by atoms with Gasteiger partial charge in [-0.05, 0) is 35.9 Å². The molecule has 0 spiro atoms. The molecule has 5 nitrogen and oxygen atoms in total. The molecule has 0 amide bonds. The number of rotatable bonds is 3. The average Bonchev–Trinajstić information content (AvgIpc) is 3.17. The largest absolute Gasteiger partial charge is 0.467 e. The third-order valence-electron chi connectivity index (χ3n) is 6.68. The normalized spacial score (nSPS) is 20.1. The standard InChI is InChI=1S/C25H21ClF2N4O/c1-33-25-30-23-18(24(31-25)32-11-13-6-7-14(12-32)29-13)10-19(26)21(22(23)28)17-8-9-20(27)16-5-3-2-4-15(16)17/h2-5,8-10,13-14,29H,6-7,11-12H2,1H3. The van der Waals surface area contributed by atoms with Gasteiger partial charge in [0.05, 0.1) is 12.1 Å². The summed E-state index contributed by atoms with van der Waals surface area (Å²) in [6.45, 7) is 1.55. The molecule has 2 fully saturated rings. The Balaban J connectivity index is 1.59. The monoisotopic (exact) mass is 466 g/mol. The Labute approximate surface area is 194 Å². The minimum atomic E-state index is -0.575. The third kappa shape index (κ3) is 3.30. The molecule has 4 aromatic rings. The van der Waals surface area contributed by atoms with Crippen LogP contribution in [0.3, 0.4) is 0 Å². The molecule has 168 valence electrons. The maximum atomic E-state index is 16.1. The number of piperazine rings is 1. The van der Waals surface area contributed by atoms with E-state index in [1.807, 2.05) is 0 Å². The Morgan fingerprint density at radius 1 is 1.00 bits per heavy atom. The van der Waals surface area contributed by atoms with Crippen LogP contribution in [0.1, 0.15) is 12.8 Å².